The van der Waals surface area contributed by atoms with Crippen molar-refractivity contribution in [1.82, 2.24) is 5.32 Å². The normalized spacial score (nSPS) is 13.8. The van der Waals surface area contributed by atoms with Gasteiger partial charge in [-0.2, -0.15) is 0 Å². The van der Waals surface area contributed by atoms with Gasteiger partial charge in [-0.25, -0.2) is 0 Å². The van der Waals surface area contributed by atoms with E-state index in [1.807, 2.05) is 6.08 Å². The largest absolute Gasteiger partial charge is 0.462 e. The summed E-state index contributed by atoms with van der Waals surface area (Å²) in [5.41, 5.74) is 0. The van der Waals surface area contributed by atoms with Crippen molar-refractivity contribution in [2.45, 2.75) is 283 Å². The smallest absolute Gasteiger partial charge is 0.306 e. The van der Waals surface area contributed by atoms with Crippen LogP contribution in [0.1, 0.15) is 265 Å². The number of amides is 1. The molecule has 6 heteroatoms. The summed E-state index contributed by atoms with van der Waals surface area (Å²) >= 11 is 0. The lowest BCUT2D eigenvalue weighted by molar-refractivity contribution is -0.150. The van der Waals surface area contributed by atoms with Crippen LogP contribution in [0.3, 0.4) is 0 Å². The van der Waals surface area contributed by atoms with Crippen LogP contribution in [0.25, 0.3) is 0 Å². The van der Waals surface area contributed by atoms with Crippen LogP contribution in [-0.4, -0.2) is 46.9 Å². The fraction of sp³-hybridized carbons (Fsp3) is 0.738. The van der Waals surface area contributed by atoms with E-state index in [4.69, 9.17) is 4.74 Å². The number of allylic oxidation sites excluding steroid dienone is 14. The highest BCUT2D eigenvalue weighted by Crippen LogP contribution is 2.17. The fourth-order valence-electron chi connectivity index (χ4n) is 8.22. The molecule has 0 radical (unpaired) electrons. The molecule has 0 aliphatic carbocycles. The lowest BCUT2D eigenvalue weighted by Gasteiger charge is -2.24. The summed E-state index contributed by atoms with van der Waals surface area (Å²) in [6.07, 6.45) is 70.8. The zero-order chi connectivity index (χ0) is 48.8. The van der Waals surface area contributed by atoms with Gasteiger partial charge in [0.25, 0.3) is 0 Å². The number of esters is 1. The maximum atomic E-state index is 13.3. The van der Waals surface area contributed by atoms with Gasteiger partial charge in [0.05, 0.1) is 25.2 Å². The number of nitrogens with one attached hydrogen (secondary N) is 1. The van der Waals surface area contributed by atoms with Gasteiger partial charge in [-0.15, -0.1) is 0 Å². The molecule has 1 amide bonds. The molecule has 3 atom stereocenters. The Labute approximate surface area is 414 Å². The molecule has 3 N–H and O–H groups in total. The van der Waals surface area contributed by atoms with Crippen LogP contribution in [0.15, 0.2) is 85.1 Å². The highest BCUT2D eigenvalue weighted by Gasteiger charge is 2.24. The second-order valence-electron chi connectivity index (χ2n) is 19.0. The summed E-state index contributed by atoms with van der Waals surface area (Å²) in [4.78, 5) is 26.2. The minimum atomic E-state index is -0.806. The summed E-state index contributed by atoms with van der Waals surface area (Å²) in [5.74, 6) is -0.580. The van der Waals surface area contributed by atoms with Gasteiger partial charge in [0, 0.05) is 6.42 Å². The van der Waals surface area contributed by atoms with E-state index < -0.39 is 18.2 Å². The molecular weight excluding hydrogens is 827 g/mol. The zero-order valence-electron chi connectivity index (χ0n) is 44.0. The van der Waals surface area contributed by atoms with Crippen LogP contribution < -0.4 is 5.32 Å². The van der Waals surface area contributed by atoms with Crippen LogP contribution in [0.4, 0.5) is 0 Å². The van der Waals surface area contributed by atoms with Crippen molar-refractivity contribution in [3.8, 4) is 0 Å². The quantitative estimate of drug-likeness (QED) is 0.0321. The third kappa shape index (κ3) is 49.3. The van der Waals surface area contributed by atoms with E-state index in [9.17, 15) is 19.8 Å². The molecule has 0 heterocycles. The van der Waals surface area contributed by atoms with E-state index in [0.29, 0.717) is 19.3 Å². The summed E-state index contributed by atoms with van der Waals surface area (Å²) in [6.45, 7) is 6.36. The number of aliphatic hydroxyl groups excluding tert-OH is 2. The van der Waals surface area contributed by atoms with E-state index in [1.165, 1.54) is 128 Å². The van der Waals surface area contributed by atoms with Gasteiger partial charge in [0.2, 0.25) is 5.91 Å². The third-order valence-electron chi connectivity index (χ3n) is 12.5. The Bertz CT molecular complexity index is 1280. The predicted molar refractivity (Wildman–Crippen MR) is 291 cm³/mol. The molecule has 0 rings (SSSR count). The first-order valence-electron chi connectivity index (χ1n) is 28.3. The molecule has 0 spiro atoms. The highest BCUT2D eigenvalue weighted by molar-refractivity contribution is 5.77. The van der Waals surface area contributed by atoms with Gasteiger partial charge < -0.3 is 20.3 Å². The van der Waals surface area contributed by atoms with Crippen LogP contribution in [0, 0.1) is 0 Å². The van der Waals surface area contributed by atoms with Crippen molar-refractivity contribution in [2.75, 3.05) is 6.61 Å². The summed E-state index contributed by atoms with van der Waals surface area (Å²) in [6, 6.07) is -0.723. The fourth-order valence-corrected chi connectivity index (χ4v) is 8.22. The molecule has 0 fully saturated rings. The van der Waals surface area contributed by atoms with Crippen LogP contribution in [0.5, 0.6) is 0 Å². The second kappa shape index (κ2) is 54.0. The molecule has 0 saturated heterocycles. The van der Waals surface area contributed by atoms with Crippen LogP contribution in [-0.2, 0) is 14.3 Å². The SMILES string of the molecule is CC/C=C\C/C=C\C/C=C\C/C=C\C/C=C\C/C=C\CCC(=O)OC(CCCCCCC/C=C/CCCCCCCC)CC(=O)NC(CO)C(O)CCCCCCCCCCCCCCCC. The number of hydrogen-bond donors (Lipinski definition) is 3. The van der Waals surface area contributed by atoms with Gasteiger partial charge in [-0.05, 0) is 89.9 Å². The molecule has 0 aromatic carbocycles. The zero-order valence-corrected chi connectivity index (χ0v) is 44.0. The molecule has 0 aliphatic heterocycles. The molecule has 0 aromatic heterocycles. The standard InChI is InChI=1S/C61H107NO5/c1-4-7-10-13-16-19-22-25-28-29-30-31-33-36-39-42-45-48-51-54-61(66)67-57(52-49-46-43-40-37-34-32-26-23-20-17-14-11-8-5-2)55-60(65)62-58(56-63)59(64)53-50-47-44-41-38-35-27-24-21-18-15-12-9-6-3/h7,10,16,19,25-26,28,30-32,36,39,45,48,57-59,63-64H,4-6,8-9,11-15,17-18,20-24,27,29,33-35,37-38,40-44,46-47,49-56H2,1-3H3,(H,62,65)/b10-7-,19-16-,28-25-,31-30-,32-26+,39-36-,48-45-. The maximum absolute atomic E-state index is 13.3. The average Bonchev–Trinajstić information content (AvgIpc) is 3.32. The maximum Gasteiger partial charge on any atom is 0.306 e. The number of carbonyl (C=O) groups excluding carboxylic acids is 2. The Balaban J connectivity index is 4.70. The number of ether oxygens (including phenoxy) is 1. The van der Waals surface area contributed by atoms with Crippen molar-refractivity contribution in [1.29, 1.82) is 0 Å². The van der Waals surface area contributed by atoms with Crippen molar-refractivity contribution in [3.05, 3.63) is 85.1 Å². The van der Waals surface area contributed by atoms with E-state index in [2.05, 4.69) is 105 Å². The summed E-state index contributed by atoms with van der Waals surface area (Å²) in [7, 11) is 0. The minimum absolute atomic E-state index is 0.0388. The Morgan fingerprint density at radius 2 is 0.806 bits per heavy atom. The third-order valence-corrected chi connectivity index (χ3v) is 12.5. The van der Waals surface area contributed by atoms with Crippen molar-refractivity contribution in [2.24, 2.45) is 0 Å². The first kappa shape index (κ1) is 64.0. The van der Waals surface area contributed by atoms with Crippen molar-refractivity contribution in [3.63, 3.8) is 0 Å². The Morgan fingerprint density at radius 1 is 0.448 bits per heavy atom. The molecule has 386 valence electrons. The van der Waals surface area contributed by atoms with Crippen LogP contribution >= 0.6 is 0 Å². The predicted octanol–water partition coefficient (Wildman–Crippen LogP) is 17.5. The molecule has 0 aromatic rings. The lowest BCUT2D eigenvalue weighted by Crippen LogP contribution is -2.46. The lowest BCUT2D eigenvalue weighted by atomic mass is 10.0. The van der Waals surface area contributed by atoms with E-state index >= 15 is 0 Å². The number of hydrogen-bond acceptors (Lipinski definition) is 5. The topological polar surface area (TPSA) is 95.9 Å². The molecule has 67 heavy (non-hydrogen) atoms. The number of carbonyl (C=O) groups is 2. The van der Waals surface area contributed by atoms with E-state index in [-0.39, 0.29) is 31.3 Å². The Kier molecular flexibility index (Phi) is 51.6. The minimum Gasteiger partial charge on any atom is -0.462 e. The molecule has 0 saturated carbocycles. The second-order valence-corrected chi connectivity index (χ2v) is 19.0. The average molecular weight is 935 g/mol. The highest BCUT2D eigenvalue weighted by atomic mass is 16.5. The number of aliphatic hydroxyl groups is 2. The molecule has 3 unspecified atom stereocenters. The first-order chi connectivity index (χ1) is 33.0. The first-order valence-corrected chi connectivity index (χ1v) is 28.3. The van der Waals surface area contributed by atoms with Gasteiger partial charge in [0.1, 0.15) is 6.10 Å². The molecule has 6 nitrogen and oxygen atoms in total. The number of rotatable bonds is 50. The van der Waals surface area contributed by atoms with Gasteiger partial charge >= 0.3 is 5.97 Å². The van der Waals surface area contributed by atoms with E-state index in [0.717, 1.165) is 83.5 Å². The monoisotopic (exact) mass is 934 g/mol. The summed E-state index contributed by atoms with van der Waals surface area (Å²) < 4.78 is 5.91. The number of unbranched alkanes of at least 4 members (excludes halogenated alkanes) is 24. The van der Waals surface area contributed by atoms with Gasteiger partial charge in [-0.3, -0.25) is 9.59 Å². The Hall–Kier alpha value is -2.96. The van der Waals surface area contributed by atoms with Crippen molar-refractivity contribution >= 4 is 11.9 Å². The van der Waals surface area contributed by atoms with Crippen molar-refractivity contribution < 1.29 is 24.5 Å². The van der Waals surface area contributed by atoms with E-state index in [1.54, 1.807) is 0 Å². The summed E-state index contributed by atoms with van der Waals surface area (Å²) in [5, 5.41) is 23.8. The van der Waals surface area contributed by atoms with Gasteiger partial charge in [-0.1, -0.05) is 247 Å². The van der Waals surface area contributed by atoms with Crippen LogP contribution in [0.2, 0.25) is 0 Å². The Morgan fingerprint density at radius 3 is 1.22 bits per heavy atom. The molecule has 0 aliphatic rings. The van der Waals surface area contributed by atoms with Gasteiger partial charge in [0.15, 0.2) is 0 Å². The molecular formula is C61H107NO5. The molecule has 0 bridgehead atoms.